The number of rotatable bonds is 9. The zero-order valence-electron chi connectivity index (χ0n) is 37.9. The van der Waals surface area contributed by atoms with Crippen molar-refractivity contribution in [1.82, 2.24) is 0 Å². The average molecular weight is 860 g/mol. The summed E-state index contributed by atoms with van der Waals surface area (Å²) in [5.74, 6) is 0. The fourth-order valence-corrected chi connectivity index (χ4v) is 10.7. The molecule has 0 heterocycles. The zero-order valence-corrected chi connectivity index (χ0v) is 37.9. The number of hydrogen-bond donors (Lipinski definition) is 0. The maximum Gasteiger partial charge on any atom is 0.0727 e. The molecule has 320 valence electrons. The van der Waals surface area contributed by atoms with Crippen molar-refractivity contribution in [2.75, 3.05) is 14.7 Å². The van der Waals surface area contributed by atoms with Crippen LogP contribution in [0.25, 0.3) is 22.3 Å². The molecule has 0 radical (unpaired) electrons. The van der Waals surface area contributed by atoms with Gasteiger partial charge in [0.2, 0.25) is 0 Å². The lowest BCUT2D eigenvalue weighted by Gasteiger charge is -2.34. The summed E-state index contributed by atoms with van der Waals surface area (Å²) < 4.78 is 0. The summed E-state index contributed by atoms with van der Waals surface area (Å²) in [5.41, 5.74) is 23.2. The van der Waals surface area contributed by atoms with E-state index in [9.17, 15) is 0 Å². The third kappa shape index (κ3) is 6.65. The highest BCUT2D eigenvalue weighted by molar-refractivity contribution is 5.98. The molecule has 0 saturated carbocycles. The number of para-hydroxylation sites is 3. The van der Waals surface area contributed by atoms with Crippen LogP contribution in [-0.4, -0.2) is 0 Å². The van der Waals surface area contributed by atoms with Crippen molar-refractivity contribution >= 4 is 51.2 Å². The molecule has 0 aromatic heterocycles. The van der Waals surface area contributed by atoms with Gasteiger partial charge in [0.1, 0.15) is 0 Å². The van der Waals surface area contributed by atoms with Crippen LogP contribution in [0.1, 0.15) is 38.9 Å². The fraction of sp³-hybridized carbons (Fsp3) is 0.0625. The fourth-order valence-electron chi connectivity index (χ4n) is 10.7. The lowest BCUT2D eigenvalue weighted by Crippen LogP contribution is -2.27. The molecular formula is C64H49N3. The molecule has 0 fully saturated rings. The second-order valence-corrected chi connectivity index (χ2v) is 18.0. The Bertz CT molecular complexity index is 3140. The third-order valence-electron chi connectivity index (χ3n) is 13.8. The molecule has 0 unspecified atom stereocenters. The minimum atomic E-state index is -0.667. The molecule has 0 aliphatic heterocycles. The Hall–Kier alpha value is -8.40. The Kier molecular flexibility index (Phi) is 9.73. The normalized spacial score (nSPS) is 12.5. The predicted octanol–water partition coefficient (Wildman–Crippen LogP) is 17.4. The van der Waals surface area contributed by atoms with Crippen LogP contribution in [0.5, 0.6) is 0 Å². The van der Waals surface area contributed by atoms with Gasteiger partial charge in [-0.25, -0.2) is 0 Å². The molecule has 3 heteroatoms. The van der Waals surface area contributed by atoms with Gasteiger partial charge in [-0.15, -0.1) is 0 Å². The van der Waals surface area contributed by atoms with Crippen LogP contribution >= 0.6 is 0 Å². The largest absolute Gasteiger partial charge is 0.310 e. The van der Waals surface area contributed by atoms with Gasteiger partial charge in [0.15, 0.2) is 0 Å². The van der Waals surface area contributed by atoms with E-state index in [0.717, 1.165) is 51.2 Å². The summed E-state index contributed by atoms with van der Waals surface area (Å²) in [4.78, 5) is 7.22. The first-order chi connectivity index (χ1) is 33.0. The summed E-state index contributed by atoms with van der Waals surface area (Å²) in [6.07, 6.45) is 0. The lowest BCUT2D eigenvalue weighted by molar-refractivity contribution is 0.793. The number of anilines is 9. The topological polar surface area (TPSA) is 9.72 Å². The highest BCUT2D eigenvalue weighted by Gasteiger charge is 2.52. The lowest BCUT2D eigenvalue weighted by atomic mass is 9.70. The summed E-state index contributed by atoms with van der Waals surface area (Å²) in [6, 6.07) is 89.7. The molecule has 0 N–H and O–H groups in total. The second kappa shape index (κ2) is 16.2. The first kappa shape index (κ1) is 40.1. The van der Waals surface area contributed by atoms with Gasteiger partial charge in [-0.3, -0.25) is 0 Å². The van der Waals surface area contributed by atoms with Gasteiger partial charge in [-0.05, 0) is 174 Å². The monoisotopic (exact) mass is 859 g/mol. The summed E-state index contributed by atoms with van der Waals surface area (Å²) >= 11 is 0. The highest BCUT2D eigenvalue weighted by Crippen LogP contribution is 2.64. The molecule has 12 rings (SSSR count). The molecule has 1 spiro atoms. The molecule has 0 atom stereocenters. The van der Waals surface area contributed by atoms with E-state index < -0.39 is 5.41 Å². The van der Waals surface area contributed by atoms with Crippen molar-refractivity contribution in [2.24, 2.45) is 0 Å². The number of fused-ring (bicyclic) bond motifs is 10. The molecule has 0 saturated heterocycles. The quantitative estimate of drug-likeness (QED) is 0.143. The van der Waals surface area contributed by atoms with Crippen LogP contribution in [0.4, 0.5) is 51.2 Å². The second-order valence-electron chi connectivity index (χ2n) is 18.0. The Morgan fingerprint density at radius 2 is 0.478 bits per heavy atom. The SMILES string of the molecule is Cc1ccc(N(c2ccccc2)c2ccc3c(c2)C2(c4ccccc4-3)c3cc(N(c4ccccc4)c4ccc(C)cc4)ccc3-c3ccc(N(c4ccccc4)c4ccc(C)cc4)cc32)cc1. The Balaban J connectivity index is 1.16. The zero-order chi connectivity index (χ0) is 45.1. The van der Waals surface area contributed by atoms with Crippen molar-refractivity contribution < 1.29 is 0 Å². The smallest absolute Gasteiger partial charge is 0.0727 e. The summed E-state index contributed by atoms with van der Waals surface area (Å²) in [5, 5.41) is 0. The van der Waals surface area contributed by atoms with Crippen molar-refractivity contribution in [3.63, 3.8) is 0 Å². The number of benzene rings is 10. The molecule has 10 aromatic rings. The van der Waals surface area contributed by atoms with E-state index in [0.29, 0.717) is 0 Å². The maximum atomic E-state index is 2.49. The first-order valence-electron chi connectivity index (χ1n) is 23.3. The summed E-state index contributed by atoms with van der Waals surface area (Å²) in [7, 11) is 0. The van der Waals surface area contributed by atoms with Gasteiger partial charge >= 0.3 is 0 Å². The van der Waals surface area contributed by atoms with Gasteiger partial charge in [0, 0.05) is 51.2 Å². The van der Waals surface area contributed by atoms with Crippen molar-refractivity contribution in [3.05, 3.63) is 282 Å². The van der Waals surface area contributed by atoms with E-state index in [1.807, 2.05) is 0 Å². The number of nitrogens with zero attached hydrogens (tertiary/aromatic N) is 3. The first-order valence-corrected chi connectivity index (χ1v) is 23.3. The van der Waals surface area contributed by atoms with Gasteiger partial charge in [0.05, 0.1) is 5.41 Å². The van der Waals surface area contributed by atoms with Gasteiger partial charge < -0.3 is 14.7 Å². The summed E-state index contributed by atoms with van der Waals surface area (Å²) in [6.45, 7) is 6.46. The minimum absolute atomic E-state index is 0.667. The van der Waals surface area contributed by atoms with Gasteiger partial charge in [0.25, 0.3) is 0 Å². The van der Waals surface area contributed by atoms with E-state index in [1.165, 1.54) is 61.2 Å². The standard InChI is InChI=1S/C64H49N3/c1-44-23-29-50(30-24-44)65(47-15-7-4-8-16-47)53-35-38-57-56-21-13-14-22-60(56)64(61(57)41-53)62-42-54(66(48-17-9-5-10-18-48)51-31-25-45(2)26-32-51)36-39-58(62)59-40-37-55(43-63(59)64)67(49-19-11-6-12-20-49)52-33-27-46(3)28-34-52/h4-43H,1-3H3. The van der Waals surface area contributed by atoms with E-state index >= 15 is 0 Å². The Morgan fingerprint density at radius 3 is 0.806 bits per heavy atom. The molecule has 0 bridgehead atoms. The molecule has 3 nitrogen and oxygen atoms in total. The molecule has 2 aliphatic rings. The highest BCUT2D eigenvalue weighted by atomic mass is 15.2. The van der Waals surface area contributed by atoms with Crippen molar-refractivity contribution in [2.45, 2.75) is 26.2 Å². The van der Waals surface area contributed by atoms with E-state index in [1.54, 1.807) is 0 Å². The molecule has 67 heavy (non-hydrogen) atoms. The number of aryl methyl sites for hydroxylation is 3. The van der Waals surface area contributed by atoms with E-state index in [-0.39, 0.29) is 0 Å². The minimum Gasteiger partial charge on any atom is -0.310 e. The van der Waals surface area contributed by atoms with Crippen LogP contribution in [-0.2, 0) is 5.41 Å². The molecular weight excluding hydrogens is 811 g/mol. The van der Waals surface area contributed by atoms with Crippen LogP contribution < -0.4 is 14.7 Å². The molecule has 10 aromatic carbocycles. The van der Waals surface area contributed by atoms with Crippen molar-refractivity contribution in [1.29, 1.82) is 0 Å². The number of hydrogen-bond acceptors (Lipinski definition) is 3. The Morgan fingerprint density at radius 1 is 0.224 bits per heavy atom. The maximum absolute atomic E-state index is 2.49. The average Bonchev–Trinajstić information content (AvgIpc) is 3.83. The molecule has 0 amide bonds. The van der Waals surface area contributed by atoms with Crippen LogP contribution in [0.3, 0.4) is 0 Å². The van der Waals surface area contributed by atoms with E-state index in [4.69, 9.17) is 0 Å². The van der Waals surface area contributed by atoms with Crippen LogP contribution in [0.15, 0.2) is 243 Å². The predicted molar refractivity (Wildman–Crippen MR) is 281 cm³/mol. The van der Waals surface area contributed by atoms with Crippen LogP contribution in [0, 0.1) is 20.8 Å². The Labute approximate surface area is 394 Å². The van der Waals surface area contributed by atoms with Crippen LogP contribution in [0.2, 0.25) is 0 Å². The van der Waals surface area contributed by atoms with Gasteiger partial charge in [-0.1, -0.05) is 150 Å². The van der Waals surface area contributed by atoms with Gasteiger partial charge in [-0.2, -0.15) is 0 Å². The van der Waals surface area contributed by atoms with Crippen molar-refractivity contribution in [3.8, 4) is 22.3 Å². The van der Waals surface area contributed by atoms with E-state index in [2.05, 4.69) is 278 Å². The third-order valence-corrected chi connectivity index (χ3v) is 13.8. The molecule has 2 aliphatic carbocycles.